The van der Waals surface area contributed by atoms with Crippen LogP contribution in [0, 0.1) is 28.1 Å². The Morgan fingerprint density at radius 2 is 1.81 bits per heavy atom. The van der Waals surface area contributed by atoms with Crippen molar-refractivity contribution < 1.29 is 27.8 Å². The molecule has 8 heteroatoms. The molecule has 31 heavy (non-hydrogen) atoms. The highest BCUT2D eigenvalue weighted by Crippen LogP contribution is 2.75. The summed E-state index contributed by atoms with van der Waals surface area (Å²) in [6.45, 7) is 3.05. The zero-order valence-corrected chi connectivity index (χ0v) is 17.4. The van der Waals surface area contributed by atoms with Crippen molar-refractivity contribution in [3.63, 3.8) is 0 Å². The Morgan fingerprint density at radius 3 is 2.35 bits per heavy atom. The molecule has 1 saturated carbocycles. The largest absolute Gasteiger partial charge is 0.481 e. The molecule has 0 bridgehead atoms. The third-order valence-corrected chi connectivity index (χ3v) is 6.28. The first-order valence-corrected chi connectivity index (χ1v) is 9.74. The number of carboxylic acid groups (broad SMARTS) is 1. The number of para-hydroxylation sites is 1. The Morgan fingerprint density at radius 1 is 1.19 bits per heavy atom. The summed E-state index contributed by atoms with van der Waals surface area (Å²) < 4.78 is 44.7. The molecule has 3 atom stereocenters. The molecule has 0 unspecified atom stereocenters. The number of carboxylic acids is 1. The Bertz CT molecular complexity index is 1060. The van der Waals surface area contributed by atoms with E-state index in [1.165, 1.54) is 19.9 Å². The molecule has 162 valence electrons. The van der Waals surface area contributed by atoms with Gasteiger partial charge in [0.05, 0.1) is 12.0 Å². The molecule has 0 heterocycles. The molecule has 0 aromatic heterocycles. The molecule has 4 nitrogen and oxygen atoms in total. The highest BCUT2D eigenvalue weighted by Gasteiger charge is 2.78. The molecule has 1 N–H and O–H groups in total. The lowest BCUT2D eigenvalue weighted by molar-refractivity contribution is -0.145. The summed E-state index contributed by atoms with van der Waals surface area (Å²) >= 11 is 5.40. The van der Waals surface area contributed by atoms with Crippen LogP contribution in [0.5, 0.6) is 11.5 Å². The molecule has 1 fully saturated rings. The van der Waals surface area contributed by atoms with Crippen LogP contribution in [-0.4, -0.2) is 17.3 Å². The predicted molar refractivity (Wildman–Crippen MR) is 109 cm³/mol. The van der Waals surface area contributed by atoms with Gasteiger partial charge in [-0.3, -0.25) is 4.79 Å². The number of halogens is 4. The molecule has 1 aliphatic carbocycles. The van der Waals surface area contributed by atoms with E-state index in [9.17, 15) is 28.3 Å². The van der Waals surface area contributed by atoms with Crippen LogP contribution in [-0.2, 0) is 4.79 Å². The first-order chi connectivity index (χ1) is 14.5. The molecule has 2 aromatic rings. The van der Waals surface area contributed by atoms with E-state index in [2.05, 4.69) is 0 Å². The van der Waals surface area contributed by atoms with Crippen molar-refractivity contribution in [2.45, 2.75) is 25.9 Å². The van der Waals surface area contributed by atoms with Gasteiger partial charge in [-0.15, -0.1) is 0 Å². The second kappa shape index (κ2) is 7.93. The van der Waals surface area contributed by atoms with Crippen LogP contribution in [0.1, 0.15) is 25.3 Å². The summed E-state index contributed by atoms with van der Waals surface area (Å²) in [5, 5.41) is 18.6. The molecule has 1 aliphatic rings. The van der Waals surface area contributed by atoms with Crippen molar-refractivity contribution in [2.75, 3.05) is 0 Å². The summed E-state index contributed by atoms with van der Waals surface area (Å²) in [7, 11) is 0. The molecule has 0 radical (unpaired) electrons. The monoisotopic (exact) mass is 449 g/mol. The normalized spacial score (nSPS) is 23.5. The molecule has 2 aromatic carbocycles. The van der Waals surface area contributed by atoms with Gasteiger partial charge in [-0.1, -0.05) is 61.9 Å². The number of carbonyl (C=O) groups is 1. The van der Waals surface area contributed by atoms with Crippen molar-refractivity contribution in [2.24, 2.45) is 16.7 Å². The van der Waals surface area contributed by atoms with Gasteiger partial charge in [-0.25, -0.2) is 0 Å². The number of hydrogen-bond donors (Lipinski definition) is 1. The standard InChI is InChI=1S/C23H19ClF3NO3/c1-21(2)18(12-19(24)23(25,26)27)22(21,20(29)30)17(13-28)14-7-6-10-16(11-14)31-15-8-4-3-5-9-15/h3-12,17-18H,1-2H3,(H,29,30)/t17-,18-,22-/m1/s1. The Labute approximate surface area is 182 Å². The second-order valence-corrected chi connectivity index (χ2v) is 8.34. The van der Waals surface area contributed by atoms with Crippen molar-refractivity contribution in [1.82, 2.24) is 0 Å². The zero-order chi connectivity index (χ0) is 23.0. The quantitative estimate of drug-likeness (QED) is 0.546. The number of nitriles is 1. The van der Waals surface area contributed by atoms with E-state index < -0.39 is 39.8 Å². The maximum absolute atomic E-state index is 13.0. The van der Waals surface area contributed by atoms with E-state index in [4.69, 9.17) is 16.3 Å². The zero-order valence-electron chi connectivity index (χ0n) is 16.7. The van der Waals surface area contributed by atoms with Gasteiger partial charge in [0, 0.05) is 5.92 Å². The third-order valence-electron chi connectivity index (χ3n) is 5.94. The predicted octanol–water partition coefficient (Wildman–Crippen LogP) is 6.50. The fourth-order valence-electron chi connectivity index (χ4n) is 4.32. The van der Waals surface area contributed by atoms with Crippen molar-refractivity contribution in [3.05, 3.63) is 71.3 Å². The molecular formula is C23H19ClF3NO3. The fourth-order valence-corrected chi connectivity index (χ4v) is 4.45. The Balaban J connectivity index is 2.03. The van der Waals surface area contributed by atoms with Crippen molar-refractivity contribution >= 4 is 17.6 Å². The third kappa shape index (κ3) is 3.88. The highest BCUT2D eigenvalue weighted by atomic mass is 35.5. The van der Waals surface area contributed by atoms with Crippen LogP contribution in [0.4, 0.5) is 13.2 Å². The van der Waals surface area contributed by atoms with E-state index in [-0.39, 0.29) is 0 Å². The number of benzene rings is 2. The van der Waals surface area contributed by atoms with E-state index in [0.717, 1.165) is 0 Å². The fraction of sp³-hybridized carbons (Fsp3) is 0.304. The van der Waals surface area contributed by atoms with Gasteiger partial charge >= 0.3 is 12.1 Å². The maximum atomic E-state index is 13.0. The van der Waals surface area contributed by atoms with Crippen LogP contribution in [0.2, 0.25) is 0 Å². The van der Waals surface area contributed by atoms with Crippen LogP contribution < -0.4 is 4.74 Å². The Kier molecular flexibility index (Phi) is 5.81. The first kappa shape index (κ1) is 22.7. The molecular weight excluding hydrogens is 431 g/mol. The lowest BCUT2D eigenvalue weighted by Gasteiger charge is -2.22. The number of rotatable bonds is 6. The molecule has 0 spiro atoms. The summed E-state index contributed by atoms with van der Waals surface area (Å²) in [4.78, 5) is 12.4. The topological polar surface area (TPSA) is 70.3 Å². The van der Waals surface area contributed by atoms with Crippen LogP contribution in [0.25, 0.3) is 0 Å². The average molecular weight is 450 g/mol. The van der Waals surface area contributed by atoms with Gasteiger partial charge in [0.25, 0.3) is 0 Å². The lowest BCUT2D eigenvalue weighted by Crippen LogP contribution is -2.29. The summed E-state index contributed by atoms with van der Waals surface area (Å²) in [6, 6.07) is 17.2. The number of ether oxygens (including phenoxy) is 1. The molecule has 0 aliphatic heterocycles. The van der Waals surface area contributed by atoms with Crippen molar-refractivity contribution in [3.8, 4) is 17.6 Å². The molecule has 0 saturated heterocycles. The minimum atomic E-state index is -4.80. The lowest BCUT2D eigenvalue weighted by atomic mass is 9.78. The number of aliphatic carboxylic acids is 1. The minimum Gasteiger partial charge on any atom is -0.481 e. The number of allylic oxidation sites excluding steroid dienone is 2. The summed E-state index contributed by atoms with van der Waals surface area (Å²) in [5.41, 5.74) is -2.58. The highest BCUT2D eigenvalue weighted by molar-refractivity contribution is 6.30. The van der Waals surface area contributed by atoms with Gasteiger partial charge < -0.3 is 9.84 Å². The Hall–Kier alpha value is -2.98. The second-order valence-electron chi connectivity index (χ2n) is 7.94. The molecule has 0 amide bonds. The number of hydrogen-bond acceptors (Lipinski definition) is 3. The maximum Gasteiger partial charge on any atom is 0.426 e. The van der Waals surface area contributed by atoms with Crippen LogP contribution in [0.3, 0.4) is 0 Å². The first-order valence-electron chi connectivity index (χ1n) is 9.36. The van der Waals surface area contributed by atoms with E-state index in [1.54, 1.807) is 42.5 Å². The van der Waals surface area contributed by atoms with Gasteiger partial charge in [0.1, 0.15) is 21.9 Å². The number of nitrogens with zero attached hydrogens (tertiary/aromatic N) is 1. The van der Waals surface area contributed by atoms with Crippen LogP contribution >= 0.6 is 11.6 Å². The van der Waals surface area contributed by atoms with E-state index in [1.807, 2.05) is 12.1 Å². The minimum absolute atomic E-state index is 0.338. The van der Waals surface area contributed by atoms with Gasteiger partial charge in [-0.2, -0.15) is 18.4 Å². The van der Waals surface area contributed by atoms with Gasteiger partial charge in [0.15, 0.2) is 0 Å². The smallest absolute Gasteiger partial charge is 0.426 e. The van der Waals surface area contributed by atoms with E-state index in [0.29, 0.717) is 23.1 Å². The summed E-state index contributed by atoms with van der Waals surface area (Å²) in [5.74, 6) is -2.74. The van der Waals surface area contributed by atoms with Gasteiger partial charge in [0.2, 0.25) is 0 Å². The van der Waals surface area contributed by atoms with Crippen LogP contribution in [0.15, 0.2) is 65.7 Å². The molecule has 3 rings (SSSR count). The van der Waals surface area contributed by atoms with Gasteiger partial charge in [-0.05, 0) is 35.2 Å². The number of alkyl halides is 3. The van der Waals surface area contributed by atoms with Crippen molar-refractivity contribution in [1.29, 1.82) is 5.26 Å². The summed E-state index contributed by atoms with van der Waals surface area (Å²) in [6.07, 6.45) is -4.08. The average Bonchev–Trinajstić information content (AvgIpc) is 3.18. The SMILES string of the molecule is CC1(C)[C@@H](C=C(Cl)C(F)(F)F)[C@@]1(C(=O)O)[C@H](C#N)c1cccc(Oc2ccccc2)c1. The van der Waals surface area contributed by atoms with E-state index >= 15 is 0 Å².